The van der Waals surface area contributed by atoms with Crippen LogP contribution in [0.3, 0.4) is 0 Å². The summed E-state index contributed by atoms with van der Waals surface area (Å²) in [4.78, 5) is 50.4. The lowest BCUT2D eigenvalue weighted by Crippen LogP contribution is -2.52. The van der Waals surface area contributed by atoms with Gasteiger partial charge in [-0.1, -0.05) is 24.3 Å². The summed E-state index contributed by atoms with van der Waals surface area (Å²) in [5.41, 5.74) is 9.26. The van der Waals surface area contributed by atoms with E-state index >= 15 is 0 Å². The van der Waals surface area contributed by atoms with Crippen LogP contribution in [0.4, 0.5) is 14.9 Å². The predicted octanol–water partition coefficient (Wildman–Crippen LogP) is 2.95. The molecule has 2 aliphatic rings. The number of ether oxygens (including phenoxy) is 1. The van der Waals surface area contributed by atoms with Crippen molar-refractivity contribution in [2.45, 2.75) is 45.1 Å². The van der Waals surface area contributed by atoms with Crippen LogP contribution in [0.25, 0.3) is 0 Å². The topological polar surface area (TPSA) is 143 Å². The normalized spacial score (nSPS) is 16.4. The SMILES string of the molecule is NCc1ccc(COc2ccc(NC(=O)NCc3ccc4c(c3)CN(C3CCC(=O)NC3=O)C4=O)cc2)c(F)c1. The van der Waals surface area contributed by atoms with Crippen molar-refractivity contribution in [3.05, 3.63) is 94.3 Å². The summed E-state index contributed by atoms with van der Waals surface area (Å²) in [5.74, 6) is -0.888. The third-order valence-corrected chi connectivity index (χ3v) is 6.90. The highest BCUT2D eigenvalue weighted by Crippen LogP contribution is 2.28. The Balaban J connectivity index is 1.11. The van der Waals surface area contributed by atoms with Crippen molar-refractivity contribution in [3.63, 3.8) is 0 Å². The quantitative estimate of drug-likeness (QED) is 0.321. The summed E-state index contributed by atoms with van der Waals surface area (Å²) in [7, 11) is 0. The van der Waals surface area contributed by atoms with Crippen LogP contribution in [0.2, 0.25) is 0 Å². The molecule has 0 bridgehead atoms. The number of hydrogen-bond acceptors (Lipinski definition) is 6. The molecular weight excluding hydrogens is 517 g/mol. The Hall–Kier alpha value is -4.77. The number of halogens is 1. The number of benzene rings is 3. The number of fused-ring (bicyclic) bond motifs is 1. The molecule has 40 heavy (non-hydrogen) atoms. The zero-order valence-electron chi connectivity index (χ0n) is 21.5. The van der Waals surface area contributed by atoms with Gasteiger partial charge in [-0.05, 0) is 59.5 Å². The van der Waals surface area contributed by atoms with Crippen molar-refractivity contribution in [1.29, 1.82) is 0 Å². The zero-order chi connectivity index (χ0) is 28.2. The van der Waals surface area contributed by atoms with Gasteiger partial charge in [-0.15, -0.1) is 0 Å². The number of urea groups is 1. The highest BCUT2D eigenvalue weighted by Gasteiger charge is 2.39. The van der Waals surface area contributed by atoms with Gasteiger partial charge in [-0.25, -0.2) is 9.18 Å². The van der Waals surface area contributed by atoms with Crippen LogP contribution >= 0.6 is 0 Å². The van der Waals surface area contributed by atoms with Crippen LogP contribution in [0.15, 0.2) is 60.7 Å². The largest absolute Gasteiger partial charge is 0.489 e. The van der Waals surface area contributed by atoms with Gasteiger partial charge in [0.2, 0.25) is 11.8 Å². The molecule has 206 valence electrons. The molecule has 11 heteroatoms. The van der Waals surface area contributed by atoms with E-state index < -0.39 is 18.0 Å². The number of carbonyl (C=O) groups excluding carboxylic acids is 4. The molecule has 1 saturated heterocycles. The molecule has 0 spiro atoms. The molecule has 3 aromatic rings. The molecule has 5 amide bonds. The number of imide groups is 1. The van der Waals surface area contributed by atoms with Gasteiger partial charge in [0.05, 0.1) is 0 Å². The van der Waals surface area contributed by atoms with E-state index in [0.29, 0.717) is 34.5 Å². The second-order valence-corrected chi connectivity index (χ2v) is 9.64. The van der Waals surface area contributed by atoms with Gasteiger partial charge in [0.15, 0.2) is 0 Å². The first-order valence-electron chi connectivity index (χ1n) is 12.8. The van der Waals surface area contributed by atoms with E-state index in [1.165, 1.54) is 11.0 Å². The van der Waals surface area contributed by atoms with E-state index in [1.807, 2.05) is 6.07 Å². The van der Waals surface area contributed by atoms with Crippen LogP contribution < -0.4 is 26.4 Å². The van der Waals surface area contributed by atoms with Gasteiger partial charge in [-0.3, -0.25) is 19.7 Å². The fourth-order valence-electron chi connectivity index (χ4n) is 4.73. The molecule has 1 fully saturated rings. The number of piperidine rings is 1. The molecule has 10 nitrogen and oxygen atoms in total. The predicted molar refractivity (Wildman–Crippen MR) is 143 cm³/mol. The molecule has 1 unspecified atom stereocenters. The maximum atomic E-state index is 14.1. The molecule has 2 aliphatic heterocycles. The van der Waals surface area contributed by atoms with Crippen LogP contribution in [0.5, 0.6) is 5.75 Å². The Morgan fingerprint density at radius 1 is 1.05 bits per heavy atom. The number of nitrogens with two attached hydrogens (primary N) is 1. The Bertz CT molecular complexity index is 1480. The highest BCUT2D eigenvalue weighted by atomic mass is 19.1. The minimum atomic E-state index is -0.675. The Morgan fingerprint density at radius 2 is 1.82 bits per heavy atom. The molecule has 2 heterocycles. The summed E-state index contributed by atoms with van der Waals surface area (Å²) in [6.45, 7) is 0.809. The molecule has 0 aromatic heterocycles. The van der Waals surface area contributed by atoms with Crippen molar-refractivity contribution in [2.24, 2.45) is 5.73 Å². The zero-order valence-corrected chi connectivity index (χ0v) is 21.5. The van der Waals surface area contributed by atoms with Gasteiger partial charge in [-0.2, -0.15) is 0 Å². The number of hydrogen-bond donors (Lipinski definition) is 4. The monoisotopic (exact) mass is 545 g/mol. The van der Waals surface area contributed by atoms with Crippen molar-refractivity contribution in [2.75, 3.05) is 5.32 Å². The third-order valence-electron chi connectivity index (χ3n) is 6.90. The lowest BCUT2D eigenvalue weighted by atomic mass is 10.0. The van der Waals surface area contributed by atoms with Gasteiger partial charge < -0.3 is 26.0 Å². The maximum absolute atomic E-state index is 14.1. The summed E-state index contributed by atoms with van der Waals surface area (Å²) in [5, 5.41) is 7.81. The number of anilines is 1. The Morgan fingerprint density at radius 3 is 2.55 bits per heavy atom. The maximum Gasteiger partial charge on any atom is 0.319 e. The minimum Gasteiger partial charge on any atom is -0.489 e. The Labute approximate surface area is 229 Å². The lowest BCUT2D eigenvalue weighted by molar-refractivity contribution is -0.136. The van der Waals surface area contributed by atoms with Gasteiger partial charge in [0, 0.05) is 42.9 Å². The molecule has 3 aromatic carbocycles. The van der Waals surface area contributed by atoms with E-state index in [2.05, 4.69) is 16.0 Å². The first kappa shape index (κ1) is 26.8. The molecule has 5 rings (SSSR count). The number of amides is 5. The number of nitrogens with one attached hydrogen (secondary N) is 3. The van der Waals surface area contributed by atoms with E-state index in [4.69, 9.17) is 10.5 Å². The van der Waals surface area contributed by atoms with Gasteiger partial charge >= 0.3 is 6.03 Å². The van der Waals surface area contributed by atoms with Crippen LogP contribution in [-0.2, 0) is 35.8 Å². The third kappa shape index (κ3) is 5.94. The molecule has 5 N–H and O–H groups in total. The van der Waals surface area contributed by atoms with Crippen molar-refractivity contribution in [1.82, 2.24) is 15.5 Å². The summed E-state index contributed by atoms with van der Waals surface area (Å²) in [6.07, 6.45) is 0.494. The molecule has 0 saturated carbocycles. The average molecular weight is 546 g/mol. The van der Waals surface area contributed by atoms with Gasteiger partial charge in [0.1, 0.15) is 24.2 Å². The van der Waals surface area contributed by atoms with E-state index in [9.17, 15) is 23.6 Å². The number of carbonyl (C=O) groups is 4. The highest BCUT2D eigenvalue weighted by molar-refractivity contribution is 6.05. The van der Waals surface area contributed by atoms with E-state index in [1.54, 1.807) is 48.5 Å². The summed E-state index contributed by atoms with van der Waals surface area (Å²) >= 11 is 0. The number of nitrogens with zero attached hydrogens (tertiary/aromatic N) is 1. The van der Waals surface area contributed by atoms with Crippen molar-refractivity contribution >= 4 is 29.4 Å². The standard InChI is InChI=1S/C29H28FN5O5/c30-24-12-17(13-31)1-3-19(24)16-40-22-6-4-21(5-7-22)33-29(39)32-14-18-2-8-23-20(11-18)15-35(28(23)38)25-9-10-26(36)34-27(25)37/h1-8,11-12,25H,9-10,13-16,31H2,(H2,32,33,39)(H,34,36,37). The van der Waals surface area contributed by atoms with Crippen LogP contribution in [-0.4, -0.2) is 34.7 Å². The average Bonchev–Trinajstić information content (AvgIpc) is 3.27. The van der Waals surface area contributed by atoms with Crippen molar-refractivity contribution in [3.8, 4) is 5.75 Å². The second kappa shape index (κ2) is 11.5. The second-order valence-electron chi connectivity index (χ2n) is 9.64. The van der Waals surface area contributed by atoms with E-state index in [0.717, 1.165) is 11.1 Å². The first-order valence-corrected chi connectivity index (χ1v) is 12.8. The smallest absolute Gasteiger partial charge is 0.319 e. The minimum absolute atomic E-state index is 0.0572. The molecule has 1 atom stereocenters. The molecule has 0 radical (unpaired) electrons. The fourth-order valence-corrected chi connectivity index (χ4v) is 4.73. The lowest BCUT2D eigenvalue weighted by Gasteiger charge is -2.29. The fraction of sp³-hybridized carbons (Fsp3) is 0.241. The Kier molecular flexibility index (Phi) is 7.74. The van der Waals surface area contributed by atoms with Crippen molar-refractivity contribution < 1.29 is 28.3 Å². The van der Waals surface area contributed by atoms with Crippen LogP contribution in [0.1, 0.15) is 45.5 Å². The molecular formula is C29H28FN5O5. The summed E-state index contributed by atoms with van der Waals surface area (Å²) in [6, 6.07) is 15.7. The first-order chi connectivity index (χ1) is 19.3. The van der Waals surface area contributed by atoms with Gasteiger partial charge in [0.25, 0.3) is 5.91 Å². The number of rotatable bonds is 8. The van der Waals surface area contributed by atoms with Crippen LogP contribution in [0, 0.1) is 5.82 Å². The summed E-state index contributed by atoms with van der Waals surface area (Å²) < 4.78 is 19.8. The van der Waals surface area contributed by atoms with E-state index in [-0.39, 0.29) is 50.3 Å². The molecule has 0 aliphatic carbocycles.